The molecule has 1 aliphatic heterocycles. The molecule has 29 heavy (non-hydrogen) atoms. The largest absolute Gasteiger partial charge is 0.493 e. The van der Waals surface area contributed by atoms with Crippen molar-refractivity contribution in [2.24, 2.45) is 0 Å². The fourth-order valence-electron chi connectivity index (χ4n) is 3.05. The summed E-state index contributed by atoms with van der Waals surface area (Å²) < 4.78 is 32.9. The highest BCUT2D eigenvalue weighted by Crippen LogP contribution is 2.34. The van der Waals surface area contributed by atoms with Gasteiger partial charge < -0.3 is 4.74 Å². The molecule has 2 aromatic rings. The van der Waals surface area contributed by atoms with Gasteiger partial charge in [0, 0.05) is 11.6 Å². The van der Waals surface area contributed by atoms with E-state index in [1.165, 1.54) is 6.07 Å². The number of hydrazine groups is 1. The van der Waals surface area contributed by atoms with Crippen molar-refractivity contribution in [1.82, 2.24) is 10.4 Å². The van der Waals surface area contributed by atoms with Crippen LogP contribution in [0.15, 0.2) is 30.3 Å². The number of fused-ring (bicyclic) bond motifs is 1. The van der Waals surface area contributed by atoms with Crippen molar-refractivity contribution < 1.29 is 23.1 Å². The number of hydrogen-bond acceptors (Lipinski definition) is 3. The molecule has 5 nitrogen and oxygen atoms in total. The molecule has 0 radical (unpaired) electrons. The Hall–Kier alpha value is -2.67. The first kappa shape index (κ1) is 21.0. The lowest BCUT2D eigenvalue weighted by molar-refractivity contribution is 0.0354. The average Bonchev–Trinajstić information content (AvgIpc) is 2.65. The zero-order valence-corrected chi connectivity index (χ0v) is 17.1. The minimum absolute atomic E-state index is 0.178. The van der Waals surface area contributed by atoms with E-state index in [1.807, 2.05) is 0 Å². The van der Waals surface area contributed by atoms with Gasteiger partial charge in [-0.05, 0) is 57.9 Å². The van der Waals surface area contributed by atoms with E-state index in [0.717, 1.165) is 29.1 Å². The van der Waals surface area contributed by atoms with Crippen LogP contribution in [0, 0.1) is 11.6 Å². The molecule has 0 unspecified atom stereocenters. The highest BCUT2D eigenvalue weighted by Gasteiger charge is 2.32. The molecular formula is C21H21ClF2N2O3. The van der Waals surface area contributed by atoms with Crippen molar-refractivity contribution in [3.05, 3.63) is 63.7 Å². The molecule has 0 saturated carbocycles. The molecule has 8 heteroatoms. The molecule has 0 fully saturated rings. The third-order valence-electron chi connectivity index (χ3n) is 4.52. The Balaban J connectivity index is 1.92. The van der Waals surface area contributed by atoms with E-state index < -0.39 is 29.0 Å². The number of carbonyl (C=O) groups is 2. The minimum Gasteiger partial charge on any atom is -0.493 e. The lowest BCUT2D eigenvalue weighted by Gasteiger charge is -2.35. The first-order valence-electron chi connectivity index (χ1n) is 9.14. The van der Waals surface area contributed by atoms with Crippen LogP contribution in [0.5, 0.6) is 5.75 Å². The first-order chi connectivity index (χ1) is 13.6. The van der Waals surface area contributed by atoms with Gasteiger partial charge in [0.1, 0.15) is 17.4 Å². The summed E-state index contributed by atoms with van der Waals surface area (Å²) in [6.07, 6.45) is 1.46. The quantitative estimate of drug-likeness (QED) is 0.723. The van der Waals surface area contributed by atoms with Gasteiger partial charge in [0.15, 0.2) is 0 Å². The number of amides is 2. The number of benzene rings is 2. The predicted octanol–water partition coefficient (Wildman–Crippen LogP) is 4.53. The standard InChI is InChI=1S/C21H21ClF2N2O3/c1-21(2,3)26(20(28)13-7-6-12(23)11-16(13)24)25-19(27)15-8-9-17-14(18(15)22)5-4-10-29-17/h6-9,11H,4-5,10H2,1-3H3,(H,25,27). The molecular weight excluding hydrogens is 402 g/mol. The smallest absolute Gasteiger partial charge is 0.275 e. The Morgan fingerprint density at radius 3 is 2.48 bits per heavy atom. The third-order valence-corrected chi connectivity index (χ3v) is 4.95. The monoisotopic (exact) mass is 422 g/mol. The van der Waals surface area contributed by atoms with Crippen LogP contribution in [-0.2, 0) is 6.42 Å². The van der Waals surface area contributed by atoms with Crippen LogP contribution < -0.4 is 10.2 Å². The number of nitrogens with one attached hydrogen (secondary N) is 1. The molecule has 0 saturated heterocycles. The first-order valence-corrected chi connectivity index (χ1v) is 9.52. The average molecular weight is 423 g/mol. The van der Waals surface area contributed by atoms with Gasteiger partial charge in [0.25, 0.3) is 11.8 Å². The summed E-state index contributed by atoms with van der Waals surface area (Å²) in [6.45, 7) is 5.61. The maximum absolute atomic E-state index is 14.1. The maximum Gasteiger partial charge on any atom is 0.275 e. The Kier molecular flexibility index (Phi) is 5.80. The van der Waals surface area contributed by atoms with E-state index in [2.05, 4.69) is 5.43 Å². The predicted molar refractivity (Wildman–Crippen MR) is 105 cm³/mol. The van der Waals surface area contributed by atoms with Crippen LogP contribution in [0.4, 0.5) is 8.78 Å². The molecule has 0 bridgehead atoms. The van der Waals surface area contributed by atoms with Gasteiger partial charge in [0.05, 0.1) is 28.3 Å². The summed E-state index contributed by atoms with van der Waals surface area (Å²) in [7, 11) is 0. The molecule has 0 spiro atoms. The second-order valence-electron chi connectivity index (χ2n) is 7.73. The maximum atomic E-state index is 14.1. The molecule has 1 heterocycles. The lowest BCUT2D eigenvalue weighted by Crippen LogP contribution is -2.56. The zero-order valence-electron chi connectivity index (χ0n) is 16.3. The van der Waals surface area contributed by atoms with Crippen LogP contribution in [-0.4, -0.2) is 29.0 Å². The highest BCUT2D eigenvalue weighted by atomic mass is 35.5. The number of ether oxygens (including phenoxy) is 1. The summed E-state index contributed by atoms with van der Waals surface area (Å²) in [6, 6.07) is 5.83. The summed E-state index contributed by atoms with van der Waals surface area (Å²) in [5.74, 6) is -2.60. The Labute approximate surface area is 172 Å². The van der Waals surface area contributed by atoms with Gasteiger partial charge in [-0.15, -0.1) is 0 Å². The number of carbonyl (C=O) groups excluding carboxylic acids is 2. The Morgan fingerprint density at radius 2 is 1.83 bits per heavy atom. The van der Waals surface area contributed by atoms with E-state index in [4.69, 9.17) is 16.3 Å². The van der Waals surface area contributed by atoms with Gasteiger partial charge in [-0.25, -0.2) is 13.8 Å². The van der Waals surface area contributed by atoms with Crippen LogP contribution >= 0.6 is 11.6 Å². The van der Waals surface area contributed by atoms with E-state index >= 15 is 0 Å². The van der Waals surface area contributed by atoms with Crippen molar-refractivity contribution >= 4 is 23.4 Å². The van der Waals surface area contributed by atoms with Crippen LogP contribution in [0.2, 0.25) is 5.02 Å². The van der Waals surface area contributed by atoms with Gasteiger partial charge >= 0.3 is 0 Å². The number of hydrogen-bond donors (Lipinski definition) is 1. The summed E-state index contributed by atoms with van der Waals surface area (Å²) in [5.41, 5.74) is 2.19. The molecule has 0 aromatic heterocycles. The van der Waals surface area contributed by atoms with Crippen LogP contribution in [0.25, 0.3) is 0 Å². The molecule has 2 aromatic carbocycles. The fourth-order valence-corrected chi connectivity index (χ4v) is 3.38. The number of nitrogens with zero attached hydrogens (tertiary/aromatic N) is 1. The summed E-state index contributed by atoms with van der Waals surface area (Å²) in [4.78, 5) is 25.8. The van der Waals surface area contributed by atoms with E-state index in [1.54, 1.807) is 26.8 Å². The van der Waals surface area contributed by atoms with E-state index in [-0.39, 0.29) is 16.1 Å². The lowest BCUT2D eigenvalue weighted by atomic mass is 10.0. The molecule has 3 rings (SSSR count). The highest BCUT2D eigenvalue weighted by molar-refractivity contribution is 6.34. The van der Waals surface area contributed by atoms with Crippen molar-refractivity contribution in [2.75, 3.05) is 6.61 Å². The van der Waals surface area contributed by atoms with Gasteiger partial charge in [-0.1, -0.05) is 11.6 Å². The SMILES string of the molecule is CC(C)(C)N(NC(=O)c1ccc2c(c1Cl)CCCO2)C(=O)c1ccc(F)cc1F. The van der Waals surface area contributed by atoms with Gasteiger partial charge in [-0.3, -0.25) is 15.0 Å². The Bertz CT molecular complexity index is 973. The molecule has 1 N–H and O–H groups in total. The minimum atomic E-state index is -1.01. The van der Waals surface area contributed by atoms with Crippen LogP contribution in [0.1, 0.15) is 53.5 Å². The van der Waals surface area contributed by atoms with Crippen LogP contribution in [0.3, 0.4) is 0 Å². The number of rotatable bonds is 2. The molecule has 154 valence electrons. The third kappa shape index (κ3) is 4.34. The summed E-state index contributed by atoms with van der Waals surface area (Å²) >= 11 is 6.41. The fraction of sp³-hybridized carbons (Fsp3) is 0.333. The second kappa shape index (κ2) is 7.99. The van der Waals surface area contributed by atoms with Crippen molar-refractivity contribution in [3.63, 3.8) is 0 Å². The topological polar surface area (TPSA) is 58.6 Å². The number of halogens is 3. The Morgan fingerprint density at radius 1 is 1.14 bits per heavy atom. The zero-order chi connectivity index (χ0) is 21.3. The van der Waals surface area contributed by atoms with Crippen molar-refractivity contribution in [2.45, 2.75) is 39.2 Å². The van der Waals surface area contributed by atoms with Crippen molar-refractivity contribution in [1.29, 1.82) is 0 Å². The second-order valence-corrected chi connectivity index (χ2v) is 8.11. The van der Waals surface area contributed by atoms with Gasteiger partial charge in [0.2, 0.25) is 0 Å². The van der Waals surface area contributed by atoms with Crippen molar-refractivity contribution in [3.8, 4) is 5.75 Å². The normalized spacial score (nSPS) is 13.3. The molecule has 0 atom stereocenters. The summed E-state index contributed by atoms with van der Waals surface area (Å²) in [5, 5.41) is 1.27. The molecule has 1 aliphatic rings. The van der Waals surface area contributed by atoms with Gasteiger partial charge in [-0.2, -0.15) is 0 Å². The van der Waals surface area contributed by atoms with E-state index in [9.17, 15) is 18.4 Å². The molecule has 2 amide bonds. The molecule has 0 aliphatic carbocycles. The van der Waals surface area contributed by atoms with E-state index in [0.29, 0.717) is 24.8 Å².